The van der Waals surface area contributed by atoms with Crippen molar-refractivity contribution in [1.82, 2.24) is 0 Å². The van der Waals surface area contributed by atoms with Crippen LogP contribution in [0.5, 0.6) is 0 Å². The fourth-order valence-electron chi connectivity index (χ4n) is 4.27. The van der Waals surface area contributed by atoms with Gasteiger partial charge in [0.25, 0.3) is 0 Å². The summed E-state index contributed by atoms with van der Waals surface area (Å²) in [6, 6.07) is 13.4. The summed E-state index contributed by atoms with van der Waals surface area (Å²) >= 11 is 0. The lowest BCUT2D eigenvalue weighted by atomic mass is 9.77. The van der Waals surface area contributed by atoms with Gasteiger partial charge in [-0.25, -0.2) is 4.39 Å². The zero-order chi connectivity index (χ0) is 20.5. The molecular weight excluding hydrogens is 355 g/mol. The Morgan fingerprint density at radius 1 is 0.862 bits per heavy atom. The SMILES string of the molecule is CC#Cc1ccc(C#Cc2ccc([C@H]3CC[C@H](CCCCC)CC3)cc2F)cc1. The van der Waals surface area contributed by atoms with Crippen molar-refractivity contribution in [2.24, 2.45) is 5.92 Å². The Balaban J connectivity index is 1.60. The molecule has 2 aromatic carbocycles. The predicted molar refractivity (Wildman–Crippen MR) is 120 cm³/mol. The first-order chi connectivity index (χ1) is 14.2. The van der Waals surface area contributed by atoms with Gasteiger partial charge >= 0.3 is 0 Å². The molecule has 29 heavy (non-hydrogen) atoms. The Bertz CT molecular complexity index is 907. The van der Waals surface area contributed by atoms with Crippen LogP contribution in [0, 0.1) is 35.4 Å². The highest BCUT2D eigenvalue weighted by Gasteiger charge is 2.22. The van der Waals surface area contributed by atoms with Crippen molar-refractivity contribution < 1.29 is 4.39 Å². The molecule has 0 radical (unpaired) electrons. The van der Waals surface area contributed by atoms with E-state index in [1.807, 2.05) is 37.3 Å². The summed E-state index contributed by atoms with van der Waals surface area (Å²) in [5.41, 5.74) is 3.45. The summed E-state index contributed by atoms with van der Waals surface area (Å²) < 4.78 is 14.6. The van der Waals surface area contributed by atoms with Crippen molar-refractivity contribution in [2.45, 2.75) is 71.1 Å². The van der Waals surface area contributed by atoms with Gasteiger partial charge in [0.15, 0.2) is 0 Å². The fourth-order valence-corrected chi connectivity index (χ4v) is 4.27. The number of hydrogen-bond acceptors (Lipinski definition) is 0. The van der Waals surface area contributed by atoms with Crippen molar-refractivity contribution in [2.75, 3.05) is 0 Å². The molecule has 0 nitrogen and oxygen atoms in total. The number of benzene rings is 2. The maximum Gasteiger partial charge on any atom is 0.139 e. The summed E-state index contributed by atoms with van der Waals surface area (Å²) in [6.07, 6.45) is 10.3. The lowest BCUT2D eigenvalue weighted by Gasteiger charge is -2.29. The van der Waals surface area contributed by atoms with Gasteiger partial charge in [0, 0.05) is 11.1 Å². The number of rotatable bonds is 5. The van der Waals surface area contributed by atoms with Crippen molar-refractivity contribution in [3.05, 3.63) is 70.5 Å². The van der Waals surface area contributed by atoms with Crippen molar-refractivity contribution in [3.8, 4) is 23.7 Å². The third kappa shape index (κ3) is 6.24. The number of hydrogen-bond donors (Lipinski definition) is 0. The van der Waals surface area contributed by atoms with E-state index >= 15 is 0 Å². The lowest BCUT2D eigenvalue weighted by Crippen LogP contribution is -2.13. The van der Waals surface area contributed by atoms with Crippen LogP contribution in [0.15, 0.2) is 42.5 Å². The molecule has 2 aromatic rings. The van der Waals surface area contributed by atoms with Crippen LogP contribution in [0.1, 0.15) is 93.4 Å². The Morgan fingerprint density at radius 3 is 2.17 bits per heavy atom. The molecule has 1 heteroatoms. The molecule has 0 aromatic heterocycles. The van der Waals surface area contributed by atoms with Crippen LogP contribution in [0.4, 0.5) is 4.39 Å². The third-order valence-corrected chi connectivity index (χ3v) is 6.02. The molecule has 1 aliphatic rings. The van der Waals surface area contributed by atoms with E-state index in [0.29, 0.717) is 11.5 Å². The third-order valence-electron chi connectivity index (χ3n) is 6.02. The highest BCUT2D eigenvalue weighted by Crippen LogP contribution is 2.38. The van der Waals surface area contributed by atoms with Crippen LogP contribution >= 0.6 is 0 Å². The summed E-state index contributed by atoms with van der Waals surface area (Å²) in [7, 11) is 0. The normalized spacial score (nSPS) is 18.3. The van der Waals surface area contributed by atoms with Gasteiger partial charge in [0.2, 0.25) is 0 Å². The molecule has 0 spiro atoms. The van der Waals surface area contributed by atoms with Crippen molar-refractivity contribution >= 4 is 0 Å². The number of unbranched alkanes of at least 4 members (excludes halogenated alkanes) is 2. The maximum absolute atomic E-state index is 14.6. The Morgan fingerprint density at radius 2 is 1.55 bits per heavy atom. The molecule has 3 rings (SSSR count). The van der Waals surface area contributed by atoms with Gasteiger partial charge in [-0.1, -0.05) is 56.4 Å². The highest BCUT2D eigenvalue weighted by atomic mass is 19.1. The molecule has 0 heterocycles. The molecule has 1 saturated carbocycles. The molecule has 0 unspecified atom stereocenters. The van der Waals surface area contributed by atoms with Crippen molar-refractivity contribution in [3.63, 3.8) is 0 Å². The average Bonchev–Trinajstić information content (AvgIpc) is 2.75. The van der Waals surface area contributed by atoms with E-state index in [0.717, 1.165) is 22.6 Å². The lowest BCUT2D eigenvalue weighted by molar-refractivity contribution is 0.302. The summed E-state index contributed by atoms with van der Waals surface area (Å²) in [6.45, 7) is 4.08. The minimum Gasteiger partial charge on any atom is -0.206 e. The second kappa shape index (κ2) is 10.9. The van der Waals surface area contributed by atoms with Crippen LogP contribution in [0.2, 0.25) is 0 Å². The van der Waals surface area contributed by atoms with Crippen LogP contribution in [0.3, 0.4) is 0 Å². The van der Waals surface area contributed by atoms with Crippen LogP contribution in [-0.4, -0.2) is 0 Å². The first kappa shape index (κ1) is 21.2. The quantitative estimate of drug-likeness (QED) is 0.370. The van der Waals surface area contributed by atoms with E-state index in [9.17, 15) is 4.39 Å². The molecule has 0 bridgehead atoms. The van der Waals surface area contributed by atoms with E-state index < -0.39 is 0 Å². The average molecular weight is 387 g/mol. The van der Waals surface area contributed by atoms with E-state index in [2.05, 4.69) is 36.7 Å². The predicted octanol–water partition coefficient (Wildman–Crippen LogP) is 7.45. The standard InChI is InChI=1S/C28H31F/c1-3-5-6-8-23-13-16-25(17-14-23)27-20-19-26(28(29)21-27)18-15-24-11-9-22(7-4-2)10-12-24/h9-12,19-21,23,25H,3,5-6,8,13-14,16-17H2,1-2H3/t23-,25-. The molecule has 0 amide bonds. The minimum absolute atomic E-state index is 0.200. The fraction of sp³-hybridized carbons (Fsp3) is 0.429. The maximum atomic E-state index is 14.6. The van der Waals surface area contributed by atoms with Crippen LogP contribution in [-0.2, 0) is 0 Å². The monoisotopic (exact) mass is 386 g/mol. The van der Waals surface area contributed by atoms with Gasteiger partial charge < -0.3 is 0 Å². The van der Waals surface area contributed by atoms with Gasteiger partial charge in [-0.3, -0.25) is 0 Å². The summed E-state index contributed by atoms with van der Waals surface area (Å²) in [4.78, 5) is 0. The zero-order valence-electron chi connectivity index (χ0n) is 17.7. The van der Waals surface area contributed by atoms with E-state index in [4.69, 9.17) is 0 Å². The van der Waals surface area contributed by atoms with Gasteiger partial charge in [-0.05, 0) is 86.4 Å². The summed E-state index contributed by atoms with van der Waals surface area (Å²) in [5, 5.41) is 0. The second-order valence-corrected chi connectivity index (χ2v) is 8.16. The van der Waals surface area contributed by atoms with E-state index in [-0.39, 0.29) is 5.82 Å². The Kier molecular flexibility index (Phi) is 7.95. The van der Waals surface area contributed by atoms with Crippen LogP contribution in [0.25, 0.3) is 0 Å². The van der Waals surface area contributed by atoms with E-state index in [1.165, 1.54) is 51.4 Å². The Labute approximate surface area is 175 Å². The molecule has 1 aliphatic carbocycles. The summed E-state index contributed by atoms with van der Waals surface area (Å²) in [5.74, 6) is 13.1. The van der Waals surface area contributed by atoms with Gasteiger partial charge in [-0.15, -0.1) is 5.92 Å². The van der Waals surface area contributed by atoms with Crippen molar-refractivity contribution in [1.29, 1.82) is 0 Å². The van der Waals surface area contributed by atoms with Gasteiger partial charge in [0.1, 0.15) is 5.82 Å². The Hall–Kier alpha value is -2.51. The molecule has 0 aliphatic heterocycles. The molecule has 1 fully saturated rings. The zero-order valence-corrected chi connectivity index (χ0v) is 17.7. The molecule has 0 atom stereocenters. The molecule has 0 saturated heterocycles. The topological polar surface area (TPSA) is 0 Å². The van der Waals surface area contributed by atoms with Gasteiger partial charge in [0.05, 0.1) is 5.56 Å². The first-order valence-electron chi connectivity index (χ1n) is 11.0. The first-order valence-corrected chi connectivity index (χ1v) is 11.0. The number of halogens is 1. The highest BCUT2D eigenvalue weighted by molar-refractivity contribution is 5.46. The molecule has 0 N–H and O–H groups in total. The second-order valence-electron chi connectivity index (χ2n) is 8.16. The molecule has 150 valence electrons. The van der Waals surface area contributed by atoms with Crippen LogP contribution < -0.4 is 0 Å². The van der Waals surface area contributed by atoms with E-state index in [1.54, 1.807) is 6.07 Å². The largest absolute Gasteiger partial charge is 0.206 e. The smallest absolute Gasteiger partial charge is 0.139 e. The molecular formula is C28H31F. The van der Waals surface area contributed by atoms with Gasteiger partial charge in [-0.2, -0.15) is 0 Å². The minimum atomic E-state index is -0.200.